The smallest absolute Gasteiger partial charge is 0.234 e. The normalized spacial score (nSPS) is 11.4. The molecule has 0 aromatic heterocycles. The highest BCUT2D eigenvalue weighted by Gasteiger charge is 2.13. The molecule has 0 fully saturated rings. The largest absolute Gasteiger partial charge is 0.319 e. The molecule has 0 bridgehead atoms. The van der Waals surface area contributed by atoms with Gasteiger partial charge in [-0.1, -0.05) is 0 Å². The van der Waals surface area contributed by atoms with Crippen LogP contribution >= 0.6 is 0 Å². The summed E-state index contributed by atoms with van der Waals surface area (Å²) in [6, 6.07) is 2.58. The molecule has 0 atom stereocenters. The van der Waals surface area contributed by atoms with E-state index in [0.29, 0.717) is 0 Å². The molecule has 0 heterocycles. The zero-order chi connectivity index (χ0) is 12.2. The predicted octanol–water partition coefficient (Wildman–Crippen LogP) is 0.926. The van der Waals surface area contributed by atoms with Crippen LogP contribution in [0.5, 0.6) is 0 Å². The van der Waals surface area contributed by atoms with Crippen LogP contribution in [0.1, 0.15) is 0 Å². The highest BCUT2D eigenvalue weighted by Crippen LogP contribution is 2.16. The minimum atomic E-state index is -3.66. The van der Waals surface area contributed by atoms with Gasteiger partial charge >= 0.3 is 0 Å². The van der Waals surface area contributed by atoms with E-state index < -0.39 is 21.7 Å². The van der Waals surface area contributed by atoms with Crippen LogP contribution in [0.2, 0.25) is 0 Å². The number of nitrogens with one attached hydrogen (secondary N) is 2. The first-order chi connectivity index (χ1) is 7.44. The lowest BCUT2D eigenvalue weighted by Gasteiger charge is -2.08. The van der Waals surface area contributed by atoms with E-state index in [2.05, 4.69) is 5.32 Å². The minimum Gasteiger partial charge on any atom is -0.319 e. The van der Waals surface area contributed by atoms with Crippen LogP contribution in [-0.4, -0.2) is 27.8 Å². The monoisotopic (exact) mass is 250 g/mol. The van der Waals surface area contributed by atoms with Crippen molar-refractivity contribution in [1.82, 2.24) is 5.32 Å². The molecule has 1 aromatic rings. The Morgan fingerprint density at radius 2 is 2.00 bits per heavy atom. The van der Waals surface area contributed by atoms with Crippen LogP contribution in [0, 0.1) is 11.6 Å². The highest BCUT2D eigenvalue weighted by molar-refractivity contribution is 7.92. The lowest BCUT2D eigenvalue weighted by Crippen LogP contribution is -2.24. The maximum Gasteiger partial charge on any atom is 0.234 e. The molecular weight excluding hydrogens is 238 g/mol. The minimum absolute atomic E-state index is 0.209. The summed E-state index contributed by atoms with van der Waals surface area (Å²) in [5.74, 6) is -1.72. The molecule has 1 rings (SSSR count). The standard InChI is InChI=1S/C9H12F2N2O2S/c1-12-4-5-16(14,15)13-9-6-7(10)2-3-8(9)11/h2-3,6,12-13H,4-5H2,1H3. The van der Waals surface area contributed by atoms with Crippen molar-refractivity contribution in [2.24, 2.45) is 0 Å². The van der Waals surface area contributed by atoms with Gasteiger partial charge in [0.15, 0.2) is 0 Å². The zero-order valence-electron chi connectivity index (χ0n) is 8.63. The van der Waals surface area contributed by atoms with E-state index in [4.69, 9.17) is 0 Å². The van der Waals surface area contributed by atoms with Crippen LogP contribution in [0.25, 0.3) is 0 Å². The summed E-state index contributed by atoms with van der Waals surface area (Å²) in [6.07, 6.45) is 0. The number of hydrogen-bond donors (Lipinski definition) is 2. The van der Waals surface area contributed by atoms with Crippen LogP contribution in [-0.2, 0) is 10.0 Å². The Morgan fingerprint density at radius 1 is 1.31 bits per heavy atom. The molecule has 4 nitrogen and oxygen atoms in total. The second-order valence-corrected chi connectivity index (χ2v) is 4.99. The van der Waals surface area contributed by atoms with Gasteiger partial charge in [0, 0.05) is 12.6 Å². The van der Waals surface area contributed by atoms with Crippen molar-refractivity contribution in [3.8, 4) is 0 Å². The Labute approximate surface area is 92.7 Å². The van der Waals surface area contributed by atoms with Gasteiger partial charge in [-0.3, -0.25) is 4.72 Å². The van der Waals surface area contributed by atoms with Crippen LogP contribution in [0.4, 0.5) is 14.5 Å². The second kappa shape index (κ2) is 5.22. The summed E-state index contributed by atoms with van der Waals surface area (Å²) in [7, 11) is -2.06. The predicted molar refractivity (Wildman–Crippen MR) is 57.7 cm³/mol. The first-order valence-corrected chi connectivity index (χ1v) is 6.20. The van der Waals surface area contributed by atoms with Gasteiger partial charge in [-0.2, -0.15) is 0 Å². The third-order valence-electron chi connectivity index (χ3n) is 1.81. The average Bonchev–Trinajstić information content (AvgIpc) is 2.20. The molecule has 2 N–H and O–H groups in total. The van der Waals surface area contributed by atoms with Gasteiger partial charge in [-0.25, -0.2) is 17.2 Å². The van der Waals surface area contributed by atoms with E-state index in [0.717, 1.165) is 18.2 Å². The molecule has 7 heteroatoms. The lowest BCUT2D eigenvalue weighted by molar-refractivity contribution is 0.593. The molecule has 16 heavy (non-hydrogen) atoms. The maximum atomic E-state index is 13.1. The first-order valence-electron chi connectivity index (χ1n) is 4.55. The van der Waals surface area contributed by atoms with E-state index in [-0.39, 0.29) is 18.0 Å². The summed E-state index contributed by atoms with van der Waals surface area (Å²) >= 11 is 0. The molecule has 0 radical (unpaired) electrons. The number of anilines is 1. The van der Waals surface area contributed by atoms with Crippen LogP contribution < -0.4 is 10.0 Å². The van der Waals surface area contributed by atoms with Gasteiger partial charge in [-0.15, -0.1) is 0 Å². The number of sulfonamides is 1. The van der Waals surface area contributed by atoms with E-state index in [1.807, 2.05) is 4.72 Å². The Morgan fingerprint density at radius 3 is 2.62 bits per heavy atom. The lowest BCUT2D eigenvalue weighted by atomic mass is 10.3. The summed E-state index contributed by atoms with van der Waals surface area (Å²) < 4.78 is 50.6. The van der Waals surface area contributed by atoms with Crippen LogP contribution in [0.3, 0.4) is 0 Å². The summed E-state index contributed by atoms with van der Waals surface area (Å²) in [5, 5.41) is 2.65. The Balaban J connectivity index is 2.83. The average molecular weight is 250 g/mol. The summed E-state index contributed by atoms with van der Waals surface area (Å²) in [5.41, 5.74) is -0.379. The molecule has 1 aromatic carbocycles. The molecule has 0 aliphatic heterocycles. The van der Waals surface area contributed by atoms with Crippen molar-refractivity contribution in [3.63, 3.8) is 0 Å². The highest BCUT2D eigenvalue weighted by atomic mass is 32.2. The molecular formula is C9H12F2N2O2S. The van der Waals surface area contributed by atoms with Crippen molar-refractivity contribution >= 4 is 15.7 Å². The number of hydrogen-bond acceptors (Lipinski definition) is 3. The summed E-state index contributed by atoms with van der Waals surface area (Å²) in [6.45, 7) is 0.228. The van der Waals surface area contributed by atoms with Gasteiger partial charge in [0.05, 0.1) is 11.4 Å². The molecule has 90 valence electrons. The van der Waals surface area contributed by atoms with Gasteiger partial charge in [0.25, 0.3) is 0 Å². The number of benzene rings is 1. The van der Waals surface area contributed by atoms with Crippen molar-refractivity contribution in [2.45, 2.75) is 0 Å². The van der Waals surface area contributed by atoms with E-state index >= 15 is 0 Å². The maximum absolute atomic E-state index is 13.1. The second-order valence-electron chi connectivity index (χ2n) is 3.15. The van der Waals surface area contributed by atoms with Crippen molar-refractivity contribution < 1.29 is 17.2 Å². The zero-order valence-corrected chi connectivity index (χ0v) is 9.44. The molecule has 0 saturated heterocycles. The van der Waals surface area contributed by atoms with Gasteiger partial charge < -0.3 is 5.32 Å². The molecule has 0 spiro atoms. The summed E-state index contributed by atoms with van der Waals surface area (Å²) in [4.78, 5) is 0. The number of rotatable bonds is 5. The van der Waals surface area contributed by atoms with Crippen molar-refractivity contribution in [2.75, 3.05) is 24.1 Å². The first kappa shape index (κ1) is 12.9. The molecule has 0 aliphatic rings. The fraction of sp³-hybridized carbons (Fsp3) is 0.333. The van der Waals surface area contributed by atoms with Crippen LogP contribution in [0.15, 0.2) is 18.2 Å². The fourth-order valence-corrected chi connectivity index (χ4v) is 2.10. The quantitative estimate of drug-likeness (QED) is 0.817. The van der Waals surface area contributed by atoms with Gasteiger partial charge in [0.2, 0.25) is 10.0 Å². The third kappa shape index (κ3) is 3.74. The van der Waals surface area contributed by atoms with Crippen molar-refractivity contribution in [3.05, 3.63) is 29.8 Å². The molecule has 0 aliphatic carbocycles. The van der Waals surface area contributed by atoms with Gasteiger partial charge in [0.1, 0.15) is 11.6 Å². The Hall–Kier alpha value is -1.21. The molecule has 0 amide bonds. The SMILES string of the molecule is CNCCS(=O)(=O)Nc1cc(F)ccc1F. The van der Waals surface area contributed by atoms with Gasteiger partial charge in [-0.05, 0) is 19.2 Å². The van der Waals surface area contributed by atoms with E-state index in [1.54, 1.807) is 7.05 Å². The third-order valence-corrected chi connectivity index (χ3v) is 3.09. The van der Waals surface area contributed by atoms with Crippen molar-refractivity contribution in [1.29, 1.82) is 0 Å². The Bertz CT molecular complexity index is 463. The Kier molecular flexibility index (Phi) is 4.19. The molecule has 0 unspecified atom stereocenters. The fourth-order valence-electron chi connectivity index (χ4n) is 1.03. The van der Waals surface area contributed by atoms with E-state index in [9.17, 15) is 17.2 Å². The topological polar surface area (TPSA) is 58.2 Å². The molecule has 0 saturated carbocycles. The number of halogens is 2. The van der Waals surface area contributed by atoms with E-state index in [1.165, 1.54) is 0 Å².